The van der Waals surface area contributed by atoms with Gasteiger partial charge in [0.15, 0.2) is 5.22 Å². The van der Waals surface area contributed by atoms with Crippen molar-refractivity contribution in [2.45, 2.75) is 18.9 Å². The van der Waals surface area contributed by atoms with Crippen LogP contribution in [0.3, 0.4) is 0 Å². The summed E-state index contributed by atoms with van der Waals surface area (Å²) in [6, 6.07) is 3.53. The van der Waals surface area contributed by atoms with E-state index in [2.05, 4.69) is 0 Å². The fourth-order valence-corrected chi connectivity index (χ4v) is 1.97. The summed E-state index contributed by atoms with van der Waals surface area (Å²) in [5.41, 5.74) is 6.08. The molecule has 2 heterocycles. The Labute approximate surface area is 100 Å². The van der Waals surface area contributed by atoms with Crippen LogP contribution in [0.15, 0.2) is 16.5 Å². The van der Waals surface area contributed by atoms with Gasteiger partial charge in [0, 0.05) is 13.2 Å². The molecule has 1 fully saturated rings. The lowest BCUT2D eigenvalue weighted by atomic mass is 9.91. The second-order valence-electron chi connectivity index (χ2n) is 3.62. The zero-order valence-corrected chi connectivity index (χ0v) is 9.89. The highest BCUT2D eigenvalue weighted by Gasteiger charge is 2.24. The van der Waals surface area contributed by atoms with Gasteiger partial charge in [0.1, 0.15) is 5.76 Å². The fourth-order valence-electron chi connectivity index (χ4n) is 1.81. The molecule has 1 aliphatic rings. The molecule has 3 nitrogen and oxygen atoms in total. The first kappa shape index (κ1) is 12.8. The van der Waals surface area contributed by atoms with E-state index in [-0.39, 0.29) is 18.4 Å². The van der Waals surface area contributed by atoms with Crippen molar-refractivity contribution in [1.82, 2.24) is 0 Å². The number of ether oxygens (including phenoxy) is 1. The van der Waals surface area contributed by atoms with Crippen LogP contribution in [0.25, 0.3) is 0 Å². The third-order valence-corrected chi connectivity index (χ3v) is 2.90. The molecule has 1 aliphatic heterocycles. The fraction of sp³-hybridized carbons (Fsp3) is 0.600. The summed E-state index contributed by atoms with van der Waals surface area (Å²) >= 11 is 5.70. The zero-order valence-electron chi connectivity index (χ0n) is 8.32. The summed E-state index contributed by atoms with van der Waals surface area (Å²) < 4.78 is 10.6. The largest absolute Gasteiger partial charge is 0.448 e. The van der Waals surface area contributed by atoms with Gasteiger partial charge in [0.25, 0.3) is 0 Å². The van der Waals surface area contributed by atoms with E-state index >= 15 is 0 Å². The lowest BCUT2D eigenvalue weighted by Crippen LogP contribution is -2.27. The molecule has 15 heavy (non-hydrogen) atoms. The molecule has 0 unspecified atom stereocenters. The Bertz CT molecular complexity index is 297. The molecule has 0 saturated carbocycles. The van der Waals surface area contributed by atoms with Crippen LogP contribution in [0.1, 0.15) is 24.6 Å². The van der Waals surface area contributed by atoms with Crippen LogP contribution in [0, 0.1) is 5.92 Å². The lowest BCUT2D eigenvalue weighted by Gasteiger charge is -2.26. The molecule has 0 aromatic carbocycles. The number of halogens is 2. The molecule has 5 heteroatoms. The van der Waals surface area contributed by atoms with Crippen molar-refractivity contribution in [2.75, 3.05) is 13.2 Å². The highest BCUT2D eigenvalue weighted by molar-refractivity contribution is 6.28. The normalized spacial score (nSPS) is 19.6. The smallest absolute Gasteiger partial charge is 0.193 e. The van der Waals surface area contributed by atoms with Gasteiger partial charge in [-0.2, -0.15) is 0 Å². The van der Waals surface area contributed by atoms with Gasteiger partial charge >= 0.3 is 0 Å². The first-order chi connectivity index (χ1) is 6.77. The van der Waals surface area contributed by atoms with E-state index in [1.54, 1.807) is 6.07 Å². The first-order valence-electron chi connectivity index (χ1n) is 4.86. The molecule has 0 aliphatic carbocycles. The molecule has 2 rings (SSSR count). The lowest BCUT2D eigenvalue weighted by molar-refractivity contribution is 0.0560. The van der Waals surface area contributed by atoms with Crippen molar-refractivity contribution in [1.29, 1.82) is 0 Å². The predicted molar refractivity (Wildman–Crippen MR) is 61.4 cm³/mol. The average molecular weight is 252 g/mol. The van der Waals surface area contributed by atoms with E-state index in [1.165, 1.54) is 0 Å². The molecular formula is C10H15Cl2NO2. The quantitative estimate of drug-likeness (QED) is 0.880. The second-order valence-corrected chi connectivity index (χ2v) is 3.99. The molecule has 0 radical (unpaired) electrons. The van der Waals surface area contributed by atoms with E-state index in [4.69, 9.17) is 26.5 Å². The Balaban J connectivity index is 0.00000112. The van der Waals surface area contributed by atoms with E-state index in [9.17, 15) is 0 Å². The van der Waals surface area contributed by atoms with Crippen LogP contribution in [0.5, 0.6) is 0 Å². The van der Waals surface area contributed by atoms with Crippen LogP contribution < -0.4 is 5.73 Å². The highest BCUT2D eigenvalue weighted by atomic mass is 35.5. The average Bonchev–Trinajstić information content (AvgIpc) is 2.65. The van der Waals surface area contributed by atoms with Gasteiger partial charge in [0.05, 0.1) is 6.04 Å². The van der Waals surface area contributed by atoms with Crippen LogP contribution in [0.4, 0.5) is 0 Å². The van der Waals surface area contributed by atoms with Crippen molar-refractivity contribution in [2.24, 2.45) is 11.7 Å². The number of rotatable bonds is 2. The molecule has 1 atom stereocenters. The Kier molecular flexibility index (Phi) is 4.93. The summed E-state index contributed by atoms with van der Waals surface area (Å²) in [6.07, 6.45) is 2.00. The Morgan fingerprint density at radius 1 is 1.33 bits per heavy atom. The van der Waals surface area contributed by atoms with Gasteiger partial charge < -0.3 is 14.9 Å². The minimum atomic E-state index is -0.0496. The second kappa shape index (κ2) is 5.75. The maximum atomic E-state index is 6.08. The van der Waals surface area contributed by atoms with Gasteiger partial charge in [-0.1, -0.05) is 0 Å². The van der Waals surface area contributed by atoms with Crippen molar-refractivity contribution in [3.05, 3.63) is 23.1 Å². The van der Waals surface area contributed by atoms with Crippen molar-refractivity contribution < 1.29 is 9.15 Å². The van der Waals surface area contributed by atoms with Crippen LogP contribution >= 0.6 is 24.0 Å². The SMILES string of the molecule is Cl.N[C@H](c1ccc(Cl)o1)C1CCOCC1. The van der Waals surface area contributed by atoms with E-state index < -0.39 is 0 Å². The van der Waals surface area contributed by atoms with Gasteiger partial charge in [0.2, 0.25) is 0 Å². The van der Waals surface area contributed by atoms with Crippen molar-refractivity contribution in [3.63, 3.8) is 0 Å². The third-order valence-electron chi connectivity index (χ3n) is 2.70. The van der Waals surface area contributed by atoms with Gasteiger partial charge in [-0.3, -0.25) is 0 Å². The summed E-state index contributed by atoms with van der Waals surface area (Å²) in [6.45, 7) is 1.60. The maximum Gasteiger partial charge on any atom is 0.193 e. The highest BCUT2D eigenvalue weighted by Crippen LogP contribution is 2.29. The van der Waals surface area contributed by atoms with Gasteiger partial charge in [-0.25, -0.2) is 0 Å². The van der Waals surface area contributed by atoms with E-state index in [0.29, 0.717) is 11.1 Å². The molecule has 1 aromatic heterocycles. The summed E-state index contributed by atoms with van der Waals surface area (Å²) in [7, 11) is 0. The van der Waals surface area contributed by atoms with E-state index in [1.807, 2.05) is 6.07 Å². The van der Waals surface area contributed by atoms with Crippen LogP contribution in [-0.4, -0.2) is 13.2 Å². The predicted octanol–water partition coefficient (Wildman–Crippen LogP) is 2.78. The monoisotopic (exact) mass is 251 g/mol. The maximum absolute atomic E-state index is 6.08. The summed E-state index contributed by atoms with van der Waals surface area (Å²) in [5.74, 6) is 1.23. The molecular weight excluding hydrogens is 237 g/mol. The van der Waals surface area contributed by atoms with Crippen molar-refractivity contribution in [3.8, 4) is 0 Å². The Hall–Kier alpha value is -0.220. The summed E-state index contributed by atoms with van der Waals surface area (Å²) in [5, 5.41) is 0.405. The van der Waals surface area contributed by atoms with Crippen molar-refractivity contribution >= 4 is 24.0 Å². The van der Waals surface area contributed by atoms with Crippen LogP contribution in [0.2, 0.25) is 5.22 Å². The van der Waals surface area contributed by atoms with Gasteiger partial charge in [-0.05, 0) is 42.5 Å². The molecule has 1 aromatic rings. The molecule has 1 saturated heterocycles. The minimum absolute atomic E-state index is 0. The van der Waals surface area contributed by atoms with E-state index in [0.717, 1.165) is 31.8 Å². The Morgan fingerprint density at radius 2 is 2.00 bits per heavy atom. The number of hydrogen-bond acceptors (Lipinski definition) is 3. The molecule has 2 N–H and O–H groups in total. The number of hydrogen-bond donors (Lipinski definition) is 1. The number of furan rings is 1. The topological polar surface area (TPSA) is 48.4 Å². The first-order valence-corrected chi connectivity index (χ1v) is 5.24. The number of nitrogens with two attached hydrogens (primary N) is 1. The third kappa shape index (κ3) is 3.11. The van der Waals surface area contributed by atoms with Gasteiger partial charge in [-0.15, -0.1) is 12.4 Å². The summed E-state index contributed by atoms with van der Waals surface area (Å²) in [4.78, 5) is 0. The Morgan fingerprint density at radius 3 is 2.53 bits per heavy atom. The molecule has 86 valence electrons. The zero-order chi connectivity index (χ0) is 9.97. The van der Waals surface area contributed by atoms with Crippen LogP contribution in [-0.2, 0) is 4.74 Å². The molecule has 0 spiro atoms. The molecule has 0 bridgehead atoms. The molecule has 0 amide bonds. The standard InChI is InChI=1S/C10H14ClNO2.ClH/c11-9-2-1-8(14-9)10(12)7-3-5-13-6-4-7;/h1-2,7,10H,3-6,12H2;1H/t10-;/m0./s1. The minimum Gasteiger partial charge on any atom is -0.448 e.